The lowest BCUT2D eigenvalue weighted by Gasteiger charge is -2.23. The molecule has 0 aliphatic carbocycles. The highest BCUT2D eigenvalue weighted by atomic mass is 127. The van der Waals surface area contributed by atoms with E-state index in [0.717, 1.165) is 8.97 Å². The summed E-state index contributed by atoms with van der Waals surface area (Å²) < 4.78 is 2.24. The predicted octanol–water partition coefficient (Wildman–Crippen LogP) is -1.69. The molecule has 0 heterocycles. The van der Waals surface area contributed by atoms with E-state index in [-0.39, 0.29) is 48.0 Å². The zero-order valence-electron chi connectivity index (χ0n) is 16.1. The Kier molecular flexibility index (Phi) is 20.4. The highest BCUT2D eigenvalue weighted by Gasteiger charge is 2.06. The van der Waals surface area contributed by atoms with Crippen molar-refractivity contribution in [2.45, 2.75) is 64.2 Å². The Labute approximate surface area is 175 Å². The van der Waals surface area contributed by atoms with Gasteiger partial charge in [0.25, 0.3) is 0 Å². The molecule has 0 aliphatic heterocycles. The van der Waals surface area contributed by atoms with Crippen molar-refractivity contribution in [2.24, 2.45) is 0 Å². The molecule has 0 rings (SSSR count). The number of hydrogen-bond donors (Lipinski definition) is 0. The molecule has 0 aromatic carbocycles. The van der Waals surface area contributed by atoms with E-state index in [0.29, 0.717) is 0 Å². The fourth-order valence-corrected chi connectivity index (χ4v) is 2.59. The Morgan fingerprint density at radius 3 is 0.727 bits per heavy atom. The first-order valence-corrected chi connectivity index (χ1v) is 8.82. The summed E-state index contributed by atoms with van der Waals surface area (Å²) in [6.45, 7) is 2.65. The Morgan fingerprint density at radius 1 is 0.364 bits per heavy atom. The minimum absolute atomic E-state index is 0. The summed E-state index contributed by atoms with van der Waals surface area (Å²) in [5.41, 5.74) is 0. The number of unbranched alkanes of at least 4 members (excludes halogenated alkanes) is 9. The molecule has 0 aromatic heterocycles. The van der Waals surface area contributed by atoms with Crippen LogP contribution in [0.1, 0.15) is 64.2 Å². The van der Waals surface area contributed by atoms with Gasteiger partial charge in [0, 0.05) is 0 Å². The number of rotatable bonds is 13. The lowest BCUT2D eigenvalue weighted by Crippen LogP contribution is -3.00. The first-order valence-electron chi connectivity index (χ1n) is 8.82. The monoisotopic (exact) mass is 540 g/mol. The Balaban J connectivity index is -0.00000180. The Hall–Kier alpha value is 1.38. The molecule has 0 saturated heterocycles. The molecule has 138 valence electrons. The summed E-state index contributed by atoms with van der Waals surface area (Å²) in [6.07, 6.45) is 14.4. The van der Waals surface area contributed by atoms with Gasteiger partial charge in [0.15, 0.2) is 0 Å². The van der Waals surface area contributed by atoms with Gasteiger partial charge in [0.1, 0.15) is 0 Å². The fraction of sp³-hybridized carbons (Fsp3) is 1.00. The third kappa shape index (κ3) is 26.3. The number of quaternary nitrogens is 2. The van der Waals surface area contributed by atoms with E-state index in [1.54, 1.807) is 0 Å². The molecule has 0 amide bonds. The summed E-state index contributed by atoms with van der Waals surface area (Å²) in [5, 5.41) is 0. The molecule has 0 aromatic rings. The zero-order chi connectivity index (χ0) is 15.5. The summed E-state index contributed by atoms with van der Waals surface area (Å²) in [5.74, 6) is 0. The maximum Gasteiger partial charge on any atom is 0.0780 e. The van der Waals surface area contributed by atoms with Gasteiger partial charge in [0.2, 0.25) is 0 Å². The largest absolute Gasteiger partial charge is 1.00 e. The first-order chi connectivity index (χ1) is 9.21. The van der Waals surface area contributed by atoms with Crippen LogP contribution < -0.4 is 48.0 Å². The average molecular weight is 540 g/mol. The van der Waals surface area contributed by atoms with Crippen molar-refractivity contribution in [3.05, 3.63) is 0 Å². The van der Waals surface area contributed by atoms with Gasteiger partial charge in [-0.3, -0.25) is 0 Å². The van der Waals surface area contributed by atoms with Crippen molar-refractivity contribution in [1.82, 2.24) is 0 Å². The van der Waals surface area contributed by atoms with Crippen molar-refractivity contribution in [2.75, 3.05) is 55.4 Å². The van der Waals surface area contributed by atoms with Gasteiger partial charge in [-0.15, -0.1) is 0 Å². The van der Waals surface area contributed by atoms with E-state index in [1.165, 1.54) is 77.3 Å². The maximum atomic E-state index is 2.29. The zero-order valence-corrected chi connectivity index (χ0v) is 20.5. The van der Waals surface area contributed by atoms with E-state index in [9.17, 15) is 0 Å². The topological polar surface area (TPSA) is 0 Å². The molecule has 0 unspecified atom stereocenters. The second-order valence-corrected chi connectivity index (χ2v) is 8.56. The molecule has 0 saturated carbocycles. The SMILES string of the molecule is C[N+](C)(C)CCCCCCCCCCCC[N+](C)(C)C.[I-].[I-]. The first kappa shape index (κ1) is 28.2. The third-order valence-corrected chi connectivity index (χ3v) is 3.91. The fourth-order valence-electron chi connectivity index (χ4n) is 2.59. The van der Waals surface area contributed by atoms with E-state index >= 15 is 0 Å². The van der Waals surface area contributed by atoms with Crippen LogP contribution in [0, 0.1) is 0 Å². The van der Waals surface area contributed by atoms with E-state index in [4.69, 9.17) is 0 Å². The molecular formula is C18H42I2N2. The van der Waals surface area contributed by atoms with Crippen molar-refractivity contribution in [3.63, 3.8) is 0 Å². The molecule has 2 nitrogen and oxygen atoms in total. The quantitative estimate of drug-likeness (QED) is 0.149. The van der Waals surface area contributed by atoms with Gasteiger partial charge in [-0.25, -0.2) is 0 Å². The summed E-state index contributed by atoms with van der Waals surface area (Å²) in [7, 11) is 13.7. The highest BCUT2D eigenvalue weighted by Crippen LogP contribution is 2.11. The van der Waals surface area contributed by atoms with Gasteiger partial charge in [-0.1, -0.05) is 38.5 Å². The molecular weight excluding hydrogens is 498 g/mol. The number of hydrogen-bond acceptors (Lipinski definition) is 0. The normalized spacial score (nSPS) is 11.7. The van der Waals surface area contributed by atoms with Crippen molar-refractivity contribution in [3.8, 4) is 0 Å². The van der Waals surface area contributed by atoms with Gasteiger partial charge >= 0.3 is 0 Å². The van der Waals surface area contributed by atoms with Gasteiger partial charge < -0.3 is 56.9 Å². The Bertz CT molecular complexity index is 196. The maximum absolute atomic E-state index is 2.29. The minimum atomic E-state index is 0. The molecule has 0 radical (unpaired) electrons. The van der Waals surface area contributed by atoms with Crippen LogP contribution >= 0.6 is 0 Å². The second kappa shape index (κ2) is 15.9. The van der Waals surface area contributed by atoms with Crippen molar-refractivity contribution >= 4 is 0 Å². The molecule has 0 atom stereocenters. The Morgan fingerprint density at radius 2 is 0.545 bits per heavy atom. The van der Waals surface area contributed by atoms with Crippen molar-refractivity contribution in [1.29, 1.82) is 0 Å². The smallest absolute Gasteiger partial charge is 0.0780 e. The minimum Gasteiger partial charge on any atom is -1.00 e. The van der Waals surface area contributed by atoms with Gasteiger partial charge in [-0.2, -0.15) is 0 Å². The molecule has 0 spiro atoms. The molecule has 0 bridgehead atoms. The predicted molar refractivity (Wildman–Crippen MR) is 92.0 cm³/mol. The number of nitrogens with zero attached hydrogens (tertiary/aromatic N) is 2. The van der Waals surface area contributed by atoms with Crippen molar-refractivity contribution < 1.29 is 56.9 Å². The van der Waals surface area contributed by atoms with Crippen LogP contribution in [0.5, 0.6) is 0 Å². The van der Waals surface area contributed by atoms with Crippen LogP contribution in [0.3, 0.4) is 0 Å². The summed E-state index contributed by atoms with van der Waals surface area (Å²) in [4.78, 5) is 0. The van der Waals surface area contributed by atoms with Crippen LogP contribution in [0.15, 0.2) is 0 Å². The van der Waals surface area contributed by atoms with Crippen LogP contribution in [0.4, 0.5) is 0 Å². The molecule has 0 N–H and O–H groups in total. The van der Waals surface area contributed by atoms with E-state index < -0.39 is 0 Å². The summed E-state index contributed by atoms with van der Waals surface area (Å²) in [6, 6.07) is 0. The average Bonchev–Trinajstić information content (AvgIpc) is 2.27. The lowest BCUT2D eigenvalue weighted by atomic mass is 10.1. The van der Waals surface area contributed by atoms with Crippen LogP contribution in [-0.4, -0.2) is 64.3 Å². The summed E-state index contributed by atoms with van der Waals surface area (Å²) >= 11 is 0. The van der Waals surface area contributed by atoms with Gasteiger partial charge in [-0.05, 0) is 25.7 Å². The van der Waals surface area contributed by atoms with E-state index in [2.05, 4.69) is 42.3 Å². The van der Waals surface area contributed by atoms with Crippen LogP contribution in [0.2, 0.25) is 0 Å². The van der Waals surface area contributed by atoms with Crippen LogP contribution in [0.25, 0.3) is 0 Å². The molecule has 22 heavy (non-hydrogen) atoms. The highest BCUT2D eigenvalue weighted by molar-refractivity contribution is 4.48. The molecule has 0 aliphatic rings. The van der Waals surface area contributed by atoms with E-state index in [1.807, 2.05) is 0 Å². The standard InChI is InChI=1S/C18H42N2.2HI/c1-19(2,3)17-15-13-11-9-7-8-10-12-14-16-18-20(4,5)6;;/h7-18H2,1-6H3;2*1H/q+2;;/p-2. The number of halogens is 2. The molecule has 4 heteroatoms. The molecule has 0 fully saturated rings. The third-order valence-electron chi connectivity index (χ3n) is 3.91. The lowest BCUT2D eigenvalue weighted by molar-refractivity contribution is -0.870. The second-order valence-electron chi connectivity index (χ2n) is 8.56. The van der Waals surface area contributed by atoms with Gasteiger partial charge in [0.05, 0.1) is 55.4 Å². The van der Waals surface area contributed by atoms with Crippen LogP contribution in [-0.2, 0) is 0 Å².